The lowest BCUT2D eigenvalue weighted by molar-refractivity contribution is -0.318. The van der Waals surface area contributed by atoms with Crippen LogP contribution < -0.4 is 0 Å². The normalized spacial score (nSPS) is 39.3. The van der Waals surface area contributed by atoms with Gasteiger partial charge in [0.1, 0.15) is 5.78 Å². The maximum Gasteiger partial charge on any atom is 0.339 e. The molecule has 0 aromatic heterocycles. The Labute approximate surface area is 310 Å². The first-order valence-electron chi connectivity index (χ1n) is 19.5. The Morgan fingerprint density at radius 1 is 0.692 bits per heavy atom. The summed E-state index contributed by atoms with van der Waals surface area (Å²) in [5.41, 5.74) is -2.99. The van der Waals surface area contributed by atoms with E-state index in [0.717, 1.165) is 44.9 Å². The molecule has 0 unspecified atom stereocenters. The molecule has 0 aromatic rings. The van der Waals surface area contributed by atoms with Crippen LogP contribution in [0.25, 0.3) is 0 Å². The Hall–Kier alpha value is -2.53. The number of Topliss-reactive ketones (excluding diaryl/α,β-unsaturated/α-hetero) is 1. The minimum atomic E-state index is -1.53. The fourth-order valence-corrected chi connectivity index (χ4v) is 9.82. The Kier molecular flexibility index (Phi) is 11.2. The molecular weight excluding hydrogens is 668 g/mol. The molecule has 0 aromatic carbocycles. The van der Waals surface area contributed by atoms with Gasteiger partial charge >= 0.3 is 23.9 Å². The Morgan fingerprint density at radius 2 is 1.25 bits per heavy atom. The van der Waals surface area contributed by atoms with Crippen LogP contribution in [0.2, 0.25) is 0 Å². The van der Waals surface area contributed by atoms with E-state index in [1.54, 1.807) is 62.3 Å². The van der Waals surface area contributed by atoms with Gasteiger partial charge in [0.2, 0.25) is 0 Å². The number of ether oxygens (including phenoxy) is 6. The molecule has 1 aliphatic heterocycles. The molecule has 5 fully saturated rings. The predicted octanol–water partition coefficient (Wildman–Crippen LogP) is 6.76. The minimum Gasteiger partial charge on any atom is -0.467 e. The van der Waals surface area contributed by atoms with E-state index in [9.17, 15) is 24.0 Å². The summed E-state index contributed by atoms with van der Waals surface area (Å²) in [4.78, 5) is 66.7. The zero-order valence-corrected chi connectivity index (χ0v) is 33.6. The van der Waals surface area contributed by atoms with Crippen molar-refractivity contribution < 1.29 is 52.4 Å². The van der Waals surface area contributed by atoms with Crippen LogP contribution in [0.5, 0.6) is 0 Å². The summed E-state index contributed by atoms with van der Waals surface area (Å²) < 4.78 is 36.3. The largest absolute Gasteiger partial charge is 0.467 e. The molecule has 294 valence electrons. The molecule has 52 heavy (non-hydrogen) atoms. The average Bonchev–Trinajstić information content (AvgIpc) is 3.35. The second-order valence-electron chi connectivity index (χ2n) is 19.9. The lowest BCUT2D eigenvalue weighted by atomic mass is 9.45. The van der Waals surface area contributed by atoms with E-state index in [1.807, 2.05) is 0 Å². The van der Waals surface area contributed by atoms with Crippen LogP contribution in [-0.4, -0.2) is 73.6 Å². The first-order chi connectivity index (χ1) is 23.9. The lowest BCUT2D eigenvalue weighted by Gasteiger charge is -2.60. The quantitative estimate of drug-likeness (QED) is 0.163. The smallest absolute Gasteiger partial charge is 0.339 e. The highest BCUT2D eigenvalue weighted by atomic mass is 16.7. The van der Waals surface area contributed by atoms with Crippen LogP contribution in [0.3, 0.4) is 0 Å². The van der Waals surface area contributed by atoms with Crippen LogP contribution in [0, 0.1) is 50.7 Å². The standard InChI is InChI=1S/C41H64O11/c1-37(2,3)34(44)50-28-29(51-35(45)38(4,5)6)31(52-36(46)39(7,8)9)33(49-30(28)32(43)47-12)48-23-17-19-40(10)22(21-23)13-14-24-25-15-16-27(42)41(25,11)20-18-26(24)40/h22-26,28-31,33H,13-21H2,1-12H3/t22-,23-,24-,25-,26-,28-,29-,30-,31+,33+,40-,41-/m0/s1. The van der Waals surface area contributed by atoms with E-state index in [4.69, 9.17) is 28.4 Å². The first kappa shape index (κ1) is 40.7. The monoisotopic (exact) mass is 732 g/mol. The highest BCUT2D eigenvalue weighted by Gasteiger charge is 2.62. The topological polar surface area (TPSA) is 141 Å². The zero-order valence-electron chi connectivity index (χ0n) is 33.6. The molecule has 0 bridgehead atoms. The van der Waals surface area contributed by atoms with Crippen molar-refractivity contribution in [3.05, 3.63) is 0 Å². The number of esters is 4. The number of methoxy groups -OCH3 is 1. The summed E-state index contributed by atoms with van der Waals surface area (Å²) in [5.74, 6) is -0.379. The molecule has 0 radical (unpaired) electrons. The van der Waals surface area contributed by atoms with Crippen molar-refractivity contribution in [2.24, 2.45) is 50.7 Å². The number of rotatable bonds is 6. The fourth-order valence-electron chi connectivity index (χ4n) is 9.82. The second-order valence-corrected chi connectivity index (χ2v) is 19.9. The van der Waals surface area contributed by atoms with Crippen molar-refractivity contribution in [1.82, 2.24) is 0 Å². The molecule has 0 N–H and O–H groups in total. The highest BCUT2D eigenvalue weighted by Crippen LogP contribution is 2.65. The summed E-state index contributed by atoms with van der Waals surface area (Å²) in [6.45, 7) is 19.8. The van der Waals surface area contributed by atoms with Gasteiger partial charge in [-0.25, -0.2) is 4.79 Å². The van der Waals surface area contributed by atoms with Crippen LogP contribution in [-0.2, 0) is 52.4 Å². The lowest BCUT2D eigenvalue weighted by Crippen LogP contribution is -2.65. The summed E-state index contributed by atoms with van der Waals surface area (Å²) in [7, 11) is 1.19. The van der Waals surface area contributed by atoms with Crippen molar-refractivity contribution in [2.45, 2.75) is 171 Å². The SMILES string of the molecule is COC(=O)[C@H]1O[C@@H](O[C@H]2CC[C@@]3(C)[C@@H](CC[C@@H]4[C@@H]3CC[C@]3(C)C(=O)CC[C@@H]43)C2)[C@H](OC(=O)C(C)(C)C)[C@@H](OC(=O)C(C)(C)C)[C@@H]1OC(=O)C(C)(C)C. The molecule has 12 atom stereocenters. The van der Waals surface area contributed by atoms with Gasteiger partial charge in [-0.05, 0) is 143 Å². The van der Waals surface area contributed by atoms with E-state index in [2.05, 4.69) is 13.8 Å². The molecule has 5 aliphatic rings. The summed E-state index contributed by atoms with van der Waals surface area (Å²) in [6.07, 6.45) is 0.789. The summed E-state index contributed by atoms with van der Waals surface area (Å²) in [6, 6.07) is 0. The van der Waals surface area contributed by atoms with Crippen molar-refractivity contribution in [1.29, 1.82) is 0 Å². The van der Waals surface area contributed by atoms with E-state index in [0.29, 0.717) is 42.3 Å². The van der Waals surface area contributed by atoms with Gasteiger partial charge in [-0.15, -0.1) is 0 Å². The van der Waals surface area contributed by atoms with Gasteiger partial charge in [0.25, 0.3) is 0 Å². The molecule has 4 aliphatic carbocycles. The molecular formula is C41H64O11. The molecule has 1 saturated heterocycles. The average molecular weight is 733 g/mol. The number of hydrogen-bond donors (Lipinski definition) is 0. The van der Waals surface area contributed by atoms with Crippen LogP contribution in [0.15, 0.2) is 0 Å². The van der Waals surface area contributed by atoms with Gasteiger partial charge in [-0.1, -0.05) is 13.8 Å². The fraction of sp³-hybridized carbons (Fsp3) is 0.878. The number of fused-ring (bicyclic) bond motifs is 5. The van der Waals surface area contributed by atoms with Crippen LogP contribution >= 0.6 is 0 Å². The highest BCUT2D eigenvalue weighted by molar-refractivity contribution is 5.87. The Balaban J connectivity index is 1.45. The van der Waals surface area contributed by atoms with E-state index < -0.39 is 70.8 Å². The maximum atomic E-state index is 13.5. The maximum absolute atomic E-state index is 13.5. The second kappa shape index (κ2) is 14.3. The zero-order chi connectivity index (χ0) is 38.8. The number of ketones is 1. The number of hydrogen-bond acceptors (Lipinski definition) is 11. The van der Waals surface area contributed by atoms with Gasteiger partial charge in [0.05, 0.1) is 29.5 Å². The third kappa shape index (κ3) is 7.69. The predicted molar refractivity (Wildman–Crippen MR) is 190 cm³/mol. The Morgan fingerprint density at radius 3 is 1.81 bits per heavy atom. The number of carbonyl (C=O) groups excluding carboxylic acids is 5. The van der Waals surface area contributed by atoms with Crippen LogP contribution in [0.4, 0.5) is 0 Å². The molecule has 0 amide bonds. The van der Waals surface area contributed by atoms with Gasteiger partial charge in [0.15, 0.2) is 30.7 Å². The molecule has 4 saturated carbocycles. The summed E-state index contributed by atoms with van der Waals surface area (Å²) >= 11 is 0. The first-order valence-corrected chi connectivity index (χ1v) is 19.5. The molecule has 11 heteroatoms. The molecule has 5 rings (SSSR count). The van der Waals surface area contributed by atoms with E-state index in [-0.39, 0.29) is 16.9 Å². The van der Waals surface area contributed by atoms with Crippen molar-refractivity contribution in [3.63, 3.8) is 0 Å². The molecule has 1 heterocycles. The van der Waals surface area contributed by atoms with Crippen molar-refractivity contribution in [2.75, 3.05) is 7.11 Å². The van der Waals surface area contributed by atoms with Gasteiger partial charge in [-0.2, -0.15) is 0 Å². The van der Waals surface area contributed by atoms with E-state index >= 15 is 0 Å². The third-order valence-electron chi connectivity index (χ3n) is 13.1. The minimum absolute atomic E-state index is 0.104. The summed E-state index contributed by atoms with van der Waals surface area (Å²) in [5, 5.41) is 0. The van der Waals surface area contributed by atoms with Crippen molar-refractivity contribution in [3.8, 4) is 0 Å². The van der Waals surface area contributed by atoms with Gasteiger partial charge < -0.3 is 28.4 Å². The third-order valence-corrected chi connectivity index (χ3v) is 13.1. The van der Waals surface area contributed by atoms with Gasteiger partial charge in [-0.3, -0.25) is 19.2 Å². The Bertz CT molecular complexity index is 1400. The molecule has 11 nitrogen and oxygen atoms in total. The molecule has 0 spiro atoms. The number of carbonyl (C=O) groups is 5. The van der Waals surface area contributed by atoms with Crippen LogP contribution in [0.1, 0.15) is 134 Å². The van der Waals surface area contributed by atoms with E-state index in [1.165, 1.54) is 7.11 Å². The van der Waals surface area contributed by atoms with Gasteiger partial charge in [0, 0.05) is 11.8 Å². The van der Waals surface area contributed by atoms with Crippen molar-refractivity contribution >= 4 is 29.7 Å².